The van der Waals surface area contributed by atoms with Crippen LogP contribution in [0.25, 0.3) is 28.2 Å². The van der Waals surface area contributed by atoms with Crippen molar-refractivity contribution in [1.29, 1.82) is 0 Å². The first-order valence-corrected chi connectivity index (χ1v) is 11.9. The standard InChI is InChI=1S/C20H22F3N7O2S/c1-5-29(6-2)14-8-9-24-17-15(19(27-30(14)17)33(31,32)7-3)18-26-13-10-12(20(21,22)23)11-25-16(13)28(18)4/h8-11H,5-7H2,1-4H3. The fourth-order valence-electron chi connectivity index (χ4n) is 3.71. The lowest BCUT2D eigenvalue weighted by Gasteiger charge is -2.21. The highest BCUT2D eigenvalue weighted by atomic mass is 32.2. The summed E-state index contributed by atoms with van der Waals surface area (Å²) in [4.78, 5) is 14.6. The number of aryl methyl sites for hydroxylation is 1. The van der Waals surface area contributed by atoms with E-state index in [0.29, 0.717) is 18.9 Å². The van der Waals surface area contributed by atoms with Crippen molar-refractivity contribution in [3.8, 4) is 11.4 Å². The largest absolute Gasteiger partial charge is 0.417 e. The highest BCUT2D eigenvalue weighted by Crippen LogP contribution is 2.35. The maximum Gasteiger partial charge on any atom is 0.417 e. The van der Waals surface area contributed by atoms with E-state index < -0.39 is 21.6 Å². The number of sulfone groups is 1. The van der Waals surface area contributed by atoms with Gasteiger partial charge in [-0.2, -0.15) is 22.8 Å². The molecule has 0 amide bonds. The lowest BCUT2D eigenvalue weighted by molar-refractivity contribution is -0.137. The van der Waals surface area contributed by atoms with Gasteiger partial charge < -0.3 is 9.47 Å². The molecule has 9 nitrogen and oxygen atoms in total. The monoisotopic (exact) mass is 481 g/mol. The van der Waals surface area contributed by atoms with Crippen LogP contribution in [0.3, 0.4) is 0 Å². The van der Waals surface area contributed by atoms with Crippen molar-refractivity contribution in [2.75, 3.05) is 23.7 Å². The Hall–Kier alpha value is -3.22. The zero-order chi connectivity index (χ0) is 24.1. The second kappa shape index (κ2) is 7.97. The van der Waals surface area contributed by atoms with Gasteiger partial charge in [0, 0.05) is 32.5 Å². The number of anilines is 1. The molecule has 0 aliphatic heterocycles. The van der Waals surface area contributed by atoms with Gasteiger partial charge in [-0.15, -0.1) is 0 Å². The van der Waals surface area contributed by atoms with Crippen molar-refractivity contribution in [3.63, 3.8) is 0 Å². The highest BCUT2D eigenvalue weighted by Gasteiger charge is 2.33. The molecule has 0 aromatic carbocycles. The fraction of sp³-hybridized carbons (Fsp3) is 0.400. The molecule has 0 unspecified atom stereocenters. The van der Waals surface area contributed by atoms with E-state index >= 15 is 0 Å². The number of fused-ring (bicyclic) bond motifs is 2. The van der Waals surface area contributed by atoms with Crippen molar-refractivity contribution in [1.82, 2.24) is 29.1 Å². The second-order valence-electron chi connectivity index (χ2n) is 7.35. The van der Waals surface area contributed by atoms with Gasteiger partial charge in [0.15, 0.2) is 26.2 Å². The Morgan fingerprint density at radius 2 is 1.79 bits per heavy atom. The lowest BCUT2D eigenvalue weighted by atomic mass is 10.2. The van der Waals surface area contributed by atoms with Crippen LogP contribution in [0, 0.1) is 0 Å². The molecule has 4 heterocycles. The number of nitrogens with zero attached hydrogens (tertiary/aromatic N) is 7. The Kier molecular flexibility index (Phi) is 5.55. The van der Waals surface area contributed by atoms with E-state index in [-0.39, 0.29) is 39.0 Å². The minimum absolute atomic E-state index is 0.0126. The van der Waals surface area contributed by atoms with E-state index in [2.05, 4.69) is 20.1 Å². The van der Waals surface area contributed by atoms with E-state index in [4.69, 9.17) is 0 Å². The average molecular weight is 482 g/mol. The van der Waals surface area contributed by atoms with Gasteiger partial charge in [0.05, 0.1) is 11.3 Å². The Labute approximate surface area is 187 Å². The second-order valence-corrected chi connectivity index (χ2v) is 9.55. The van der Waals surface area contributed by atoms with E-state index in [0.717, 1.165) is 12.3 Å². The van der Waals surface area contributed by atoms with Crippen molar-refractivity contribution in [2.24, 2.45) is 7.05 Å². The molecular weight excluding hydrogens is 459 g/mol. The maximum absolute atomic E-state index is 13.2. The highest BCUT2D eigenvalue weighted by molar-refractivity contribution is 7.91. The summed E-state index contributed by atoms with van der Waals surface area (Å²) in [5.41, 5.74) is -0.415. The van der Waals surface area contributed by atoms with Crippen LogP contribution in [0.5, 0.6) is 0 Å². The van der Waals surface area contributed by atoms with Crippen molar-refractivity contribution in [3.05, 3.63) is 30.1 Å². The molecule has 33 heavy (non-hydrogen) atoms. The number of aromatic nitrogens is 6. The van der Waals surface area contributed by atoms with E-state index in [1.807, 2.05) is 18.7 Å². The molecule has 176 valence electrons. The number of hydrogen-bond donors (Lipinski definition) is 0. The molecule has 0 spiro atoms. The van der Waals surface area contributed by atoms with Crippen LogP contribution in [-0.4, -0.2) is 56.4 Å². The third-order valence-electron chi connectivity index (χ3n) is 5.49. The number of hydrogen-bond acceptors (Lipinski definition) is 7. The Morgan fingerprint density at radius 3 is 2.39 bits per heavy atom. The van der Waals surface area contributed by atoms with Gasteiger partial charge in [-0.25, -0.2) is 23.4 Å². The molecule has 13 heteroatoms. The molecule has 0 saturated carbocycles. The predicted molar refractivity (Wildman–Crippen MR) is 117 cm³/mol. The average Bonchev–Trinajstić information content (AvgIpc) is 3.32. The fourth-order valence-corrected chi connectivity index (χ4v) is 4.68. The topological polar surface area (TPSA) is 98.3 Å². The summed E-state index contributed by atoms with van der Waals surface area (Å²) in [5.74, 6) is 0.536. The first kappa shape index (κ1) is 23.0. The van der Waals surface area contributed by atoms with E-state index in [1.165, 1.54) is 16.0 Å². The van der Waals surface area contributed by atoms with Crippen molar-refractivity contribution >= 4 is 32.5 Å². The smallest absolute Gasteiger partial charge is 0.357 e. The molecule has 4 rings (SSSR count). The maximum atomic E-state index is 13.2. The van der Waals surface area contributed by atoms with Gasteiger partial charge >= 0.3 is 6.18 Å². The zero-order valence-electron chi connectivity index (χ0n) is 18.4. The van der Waals surface area contributed by atoms with Crippen LogP contribution in [0.4, 0.5) is 19.0 Å². The summed E-state index contributed by atoms with van der Waals surface area (Å²) in [6.45, 7) is 6.71. The molecule has 0 atom stereocenters. The Balaban J connectivity index is 2.08. The van der Waals surface area contributed by atoms with Gasteiger partial charge in [-0.05, 0) is 26.0 Å². The number of halogens is 3. The molecule has 4 aromatic rings. The summed E-state index contributed by atoms with van der Waals surface area (Å²) in [6.07, 6.45) is -2.32. The molecule has 0 aliphatic rings. The van der Waals surface area contributed by atoms with Crippen LogP contribution in [-0.2, 0) is 23.1 Å². The molecule has 0 saturated heterocycles. The molecule has 0 bridgehead atoms. The number of imidazole rings is 1. The molecule has 4 aromatic heterocycles. The van der Waals surface area contributed by atoms with Gasteiger partial charge in [0.2, 0.25) is 0 Å². The zero-order valence-corrected chi connectivity index (χ0v) is 19.2. The lowest BCUT2D eigenvalue weighted by Crippen LogP contribution is -2.24. The number of rotatable bonds is 6. The van der Waals surface area contributed by atoms with Gasteiger partial charge in [0.1, 0.15) is 22.7 Å². The quantitative estimate of drug-likeness (QED) is 0.417. The summed E-state index contributed by atoms with van der Waals surface area (Å²) < 4.78 is 68.4. The summed E-state index contributed by atoms with van der Waals surface area (Å²) in [7, 11) is -2.26. The van der Waals surface area contributed by atoms with Crippen LogP contribution in [0.2, 0.25) is 0 Å². The van der Waals surface area contributed by atoms with E-state index in [1.54, 1.807) is 19.3 Å². The Bertz CT molecular complexity index is 1450. The molecule has 0 N–H and O–H groups in total. The molecule has 0 radical (unpaired) electrons. The number of alkyl halides is 3. The van der Waals surface area contributed by atoms with Gasteiger partial charge in [0.25, 0.3) is 0 Å². The molecule has 0 fully saturated rings. The molecular formula is C20H22F3N7O2S. The van der Waals surface area contributed by atoms with Gasteiger partial charge in [-0.1, -0.05) is 6.92 Å². The van der Waals surface area contributed by atoms with Crippen molar-refractivity contribution < 1.29 is 21.6 Å². The summed E-state index contributed by atoms with van der Waals surface area (Å²) >= 11 is 0. The predicted octanol–water partition coefficient (Wildman–Crippen LogP) is 3.34. The van der Waals surface area contributed by atoms with Crippen molar-refractivity contribution in [2.45, 2.75) is 32.0 Å². The minimum Gasteiger partial charge on any atom is -0.357 e. The number of pyridine rings is 1. The SMILES string of the molecule is CCN(CC)c1ccnc2c(-c3nc4cc(C(F)(F)F)cnc4n3C)c(S(=O)(=O)CC)nn12. The van der Waals surface area contributed by atoms with E-state index in [9.17, 15) is 21.6 Å². The first-order chi connectivity index (χ1) is 15.5. The summed E-state index contributed by atoms with van der Waals surface area (Å²) in [5, 5.41) is 4.16. The van der Waals surface area contributed by atoms with Crippen LogP contribution in [0.1, 0.15) is 26.3 Å². The van der Waals surface area contributed by atoms with Crippen LogP contribution >= 0.6 is 0 Å². The third kappa shape index (κ3) is 3.69. The van der Waals surface area contributed by atoms with Crippen LogP contribution in [0.15, 0.2) is 29.6 Å². The normalized spacial score (nSPS) is 12.7. The van der Waals surface area contributed by atoms with Crippen LogP contribution < -0.4 is 4.90 Å². The first-order valence-electron chi connectivity index (χ1n) is 10.3. The Morgan fingerprint density at radius 1 is 1.09 bits per heavy atom. The summed E-state index contributed by atoms with van der Waals surface area (Å²) in [6, 6.07) is 2.62. The molecule has 0 aliphatic carbocycles. The van der Waals surface area contributed by atoms with Gasteiger partial charge in [-0.3, -0.25) is 0 Å². The minimum atomic E-state index is -4.58. The third-order valence-corrected chi connectivity index (χ3v) is 7.12.